The zero-order valence-electron chi connectivity index (χ0n) is 7.41. The number of rotatable bonds is 2. The summed E-state index contributed by atoms with van der Waals surface area (Å²) in [5, 5.41) is 3.16. The van der Waals surface area contributed by atoms with Crippen LogP contribution in [0.3, 0.4) is 0 Å². The molecule has 0 aliphatic heterocycles. The summed E-state index contributed by atoms with van der Waals surface area (Å²) < 4.78 is 2.13. The van der Waals surface area contributed by atoms with Crippen LogP contribution in [-0.2, 0) is 0 Å². The Bertz CT molecular complexity index is 490. The molecule has 0 N–H and O–H groups in total. The third-order valence-electron chi connectivity index (χ3n) is 2.03. The Hall–Kier alpha value is -0.320. The van der Waals surface area contributed by atoms with Gasteiger partial charge in [-0.05, 0) is 39.7 Å². The number of carbonyl (C=O) groups excluding carboxylic acids is 1. The lowest BCUT2D eigenvalue weighted by Gasteiger charge is -2.04. The Labute approximate surface area is 98.6 Å². The number of hydrogen-bond donors (Lipinski definition) is 0. The molecule has 0 amide bonds. The fraction of sp³-hybridized carbons (Fsp3) is 0.100. The molecule has 1 aromatic carbocycles. The van der Waals surface area contributed by atoms with E-state index < -0.39 is 0 Å². The highest BCUT2D eigenvalue weighted by molar-refractivity contribution is 9.10. The van der Waals surface area contributed by atoms with Crippen molar-refractivity contribution in [2.45, 2.75) is 4.90 Å². The van der Waals surface area contributed by atoms with E-state index in [1.54, 1.807) is 23.1 Å². The Kier molecular flexibility index (Phi) is 2.95. The molecule has 0 unspecified atom stereocenters. The molecular weight excluding hydrogens is 280 g/mol. The number of carbonyl (C=O) groups is 1. The predicted octanol–water partition coefficient (Wildman–Crippen LogP) is 4.20. The van der Waals surface area contributed by atoms with Gasteiger partial charge in [-0.1, -0.05) is 0 Å². The van der Waals surface area contributed by atoms with Gasteiger partial charge >= 0.3 is 0 Å². The van der Waals surface area contributed by atoms with Gasteiger partial charge in [0, 0.05) is 25.0 Å². The first-order chi connectivity index (χ1) is 6.77. The van der Waals surface area contributed by atoms with Crippen molar-refractivity contribution in [1.29, 1.82) is 0 Å². The van der Waals surface area contributed by atoms with E-state index in [-0.39, 0.29) is 0 Å². The molecule has 1 heterocycles. The van der Waals surface area contributed by atoms with Gasteiger partial charge in [-0.3, -0.25) is 4.79 Å². The van der Waals surface area contributed by atoms with Crippen molar-refractivity contribution in [3.63, 3.8) is 0 Å². The zero-order chi connectivity index (χ0) is 10.1. The molecule has 1 nitrogen and oxygen atoms in total. The summed E-state index contributed by atoms with van der Waals surface area (Å²) in [7, 11) is 0. The van der Waals surface area contributed by atoms with Crippen LogP contribution in [-0.4, -0.2) is 12.5 Å². The predicted molar refractivity (Wildman–Crippen MR) is 66.7 cm³/mol. The topological polar surface area (TPSA) is 17.1 Å². The van der Waals surface area contributed by atoms with E-state index >= 15 is 0 Å². The summed E-state index contributed by atoms with van der Waals surface area (Å²) in [5.41, 5.74) is 0.753. The lowest BCUT2D eigenvalue weighted by Crippen LogP contribution is -1.87. The van der Waals surface area contributed by atoms with Gasteiger partial charge in [-0.2, -0.15) is 0 Å². The van der Waals surface area contributed by atoms with Gasteiger partial charge in [0.2, 0.25) is 0 Å². The number of halogens is 1. The Morgan fingerprint density at radius 2 is 2.36 bits per heavy atom. The molecule has 0 radical (unpaired) electrons. The minimum atomic E-state index is 0.753. The summed E-state index contributed by atoms with van der Waals surface area (Å²) in [6, 6.07) is 4.10. The largest absolute Gasteiger partial charge is 0.298 e. The van der Waals surface area contributed by atoms with Crippen LogP contribution >= 0.6 is 39.0 Å². The molecule has 72 valence electrons. The summed E-state index contributed by atoms with van der Waals surface area (Å²) in [5.74, 6) is 0. The van der Waals surface area contributed by atoms with Crippen molar-refractivity contribution in [2.75, 3.05) is 6.26 Å². The molecule has 2 rings (SSSR count). The van der Waals surface area contributed by atoms with Gasteiger partial charge < -0.3 is 0 Å². The summed E-state index contributed by atoms with van der Waals surface area (Å²) >= 11 is 6.76. The van der Waals surface area contributed by atoms with E-state index in [9.17, 15) is 4.79 Å². The second kappa shape index (κ2) is 4.04. The average molecular weight is 287 g/mol. The molecular formula is C10H7BrOS2. The van der Waals surface area contributed by atoms with Gasteiger partial charge in [-0.25, -0.2) is 0 Å². The molecule has 0 fully saturated rings. The SMILES string of the molecule is CSc1cc2sccc2c(Br)c1C=O. The van der Waals surface area contributed by atoms with E-state index in [0.29, 0.717) is 0 Å². The molecule has 0 saturated carbocycles. The van der Waals surface area contributed by atoms with Crippen LogP contribution in [0.2, 0.25) is 0 Å². The van der Waals surface area contributed by atoms with Crippen LogP contribution < -0.4 is 0 Å². The molecule has 0 spiro atoms. The van der Waals surface area contributed by atoms with Crippen LogP contribution in [0.15, 0.2) is 26.9 Å². The van der Waals surface area contributed by atoms with Crippen LogP contribution in [0.1, 0.15) is 10.4 Å². The van der Waals surface area contributed by atoms with Crippen molar-refractivity contribution >= 4 is 55.4 Å². The standard InChI is InChI=1S/C10H7BrOS2/c1-13-8-4-9-6(2-3-14-9)10(11)7(8)5-12/h2-5H,1H3. The highest BCUT2D eigenvalue weighted by atomic mass is 79.9. The number of thioether (sulfide) groups is 1. The highest BCUT2D eigenvalue weighted by Gasteiger charge is 2.10. The number of thiophene rings is 1. The Balaban J connectivity index is 2.85. The first-order valence-corrected chi connectivity index (χ1v) is 6.86. The van der Waals surface area contributed by atoms with E-state index in [0.717, 1.165) is 26.6 Å². The number of hydrogen-bond acceptors (Lipinski definition) is 3. The van der Waals surface area contributed by atoms with E-state index in [1.807, 2.05) is 17.7 Å². The minimum Gasteiger partial charge on any atom is -0.298 e. The lowest BCUT2D eigenvalue weighted by atomic mass is 10.2. The fourth-order valence-corrected chi connectivity index (χ4v) is 3.77. The normalized spacial score (nSPS) is 10.7. The van der Waals surface area contributed by atoms with E-state index in [4.69, 9.17) is 0 Å². The maximum Gasteiger partial charge on any atom is 0.152 e. The first kappa shape index (κ1) is 10.2. The van der Waals surface area contributed by atoms with Crippen molar-refractivity contribution in [3.05, 3.63) is 27.5 Å². The zero-order valence-corrected chi connectivity index (χ0v) is 10.6. The molecule has 0 atom stereocenters. The van der Waals surface area contributed by atoms with Crippen molar-refractivity contribution < 1.29 is 4.79 Å². The third-order valence-corrected chi connectivity index (χ3v) is 4.53. The number of aldehydes is 1. The van der Waals surface area contributed by atoms with Gasteiger partial charge in [0.15, 0.2) is 6.29 Å². The van der Waals surface area contributed by atoms with Crippen molar-refractivity contribution in [1.82, 2.24) is 0 Å². The molecule has 0 bridgehead atoms. The fourth-order valence-electron chi connectivity index (χ4n) is 1.34. The van der Waals surface area contributed by atoms with Crippen molar-refractivity contribution in [3.8, 4) is 0 Å². The van der Waals surface area contributed by atoms with Gasteiger partial charge in [0.05, 0.1) is 0 Å². The molecule has 2 aromatic rings. The Morgan fingerprint density at radius 3 is 3.00 bits per heavy atom. The second-order valence-electron chi connectivity index (χ2n) is 2.76. The second-order valence-corrected chi connectivity index (χ2v) is 5.35. The van der Waals surface area contributed by atoms with E-state index in [2.05, 4.69) is 22.0 Å². The summed E-state index contributed by atoms with van der Waals surface area (Å²) in [4.78, 5) is 12.0. The maximum absolute atomic E-state index is 10.9. The smallest absolute Gasteiger partial charge is 0.152 e. The quantitative estimate of drug-likeness (QED) is 0.608. The van der Waals surface area contributed by atoms with Crippen LogP contribution in [0.5, 0.6) is 0 Å². The minimum absolute atomic E-state index is 0.753. The third kappa shape index (κ3) is 1.51. The summed E-state index contributed by atoms with van der Waals surface area (Å²) in [6.45, 7) is 0. The number of benzene rings is 1. The van der Waals surface area contributed by atoms with Crippen LogP contribution in [0.4, 0.5) is 0 Å². The van der Waals surface area contributed by atoms with Crippen LogP contribution in [0, 0.1) is 0 Å². The van der Waals surface area contributed by atoms with Crippen LogP contribution in [0.25, 0.3) is 10.1 Å². The maximum atomic E-state index is 10.9. The molecule has 4 heteroatoms. The summed E-state index contributed by atoms with van der Waals surface area (Å²) in [6.07, 6.45) is 2.89. The van der Waals surface area contributed by atoms with Gasteiger partial charge in [-0.15, -0.1) is 23.1 Å². The monoisotopic (exact) mass is 286 g/mol. The average Bonchev–Trinajstić information content (AvgIpc) is 2.65. The van der Waals surface area contributed by atoms with E-state index in [1.165, 1.54) is 4.70 Å². The first-order valence-electron chi connectivity index (χ1n) is 3.96. The molecule has 0 aliphatic carbocycles. The molecule has 0 saturated heterocycles. The highest BCUT2D eigenvalue weighted by Crippen LogP contribution is 2.36. The van der Waals surface area contributed by atoms with Gasteiger partial charge in [0.25, 0.3) is 0 Å². The molecule has 1 aromatic heterocycles. The Morgan fingerprint density at radius 1 is 1.57 bits per heavy atom. The molecule has 14 heavy (non-hydrogen) atoms. The molecule has 0 aliphatic rings. The van der Waals surface area contributed by atoms with Gasteiger partial charge in [0.1, 0.15) is 0 Å². The number of fused-ring (bicyclic) bond motifs is 1. The lowest BCUT2D eigenvalue weighted by molar-refractivity contribution is 0.112. The van der Waals surface area contributed by atoms with Crippen molar-refractivity contribution in [2.24, 2.45) is 0 Å².